The summed E-state index contributed by atoms with van der Waals surface area (Å²) >= 11 is 0. The van der Waals surface area contributed by atoms with Gasteiger partial charge in [-0.15, -0.1) is 0 Å². The highest BCUT2D eigenvalue weighted by Crippen LogP contribution is 2.45. The number of anilines is 1. The second-order valence-corrected chi connectivity index (χ2v) is 9.60. The van der Waals surface area contributed by atoms with Crippen molar-refractivity contribution >= 4 is 33.0 Å². The number of nitrogens with zero attached hydrogens (tertiary/aromatic N) is 1. The normalized spacial score (nSPS) is 15.5. The molecule has 0 atom stereocenters. The third-order valence-electron chi connectivity index (χ3n) is 5.90. The Morgan fingerprint density at radius 1 is 0.971 bits per heavy atom. The molecule has 35 heavy (non-hydrogen) atoms. The molecule has 0 fully saturated rings. The number of sulfonamides is 1. The molecule has 9 heteroatoms. The van der Waals surface area contributed by atoms with E-state index < -0.39 is 16.0 Å². The van der Waals surface area contributed by atoms with E-state index in [9.17, 15) is 18.0 Å². The van der Waals surface area contributed by atoms with Crippen molar-refractivity contribution in [3.05, 3.63) is 89.1 Å². The Bertz CT molecular complexity index is 1510. The smallest absolute Gasteiger partial charge is 0.356 e. The topological polar surface area (TPSA) is 99.2 Å². The van der Waals surface area contributed by atoms with E-state index in [-0.39, 0.29) is 40.8 Å². The number of fused-ring (bicyclic) bond motifs is 2. The predicted octanol–water partition coefficient (Wildman–Crippen LogP) is 4.15. The first-order valence-electron chi connectivity index (χ1n) is 10.9. The number of benzene rings is 3. The predicted molar refractivity (Wildman–Crippen MR) is 128 cm³/mol. The molecule has 0 radical (unpaired) electrons. The maximum absolute atomic E-state index is 14.0. The summed E-state index contributed by atoms with van der Waals surface area (Å²) in [5, 5.41) is 0. The van der Waals surface area contributed by atoms with Crippen LogP contribution in [0.2, 0.25) is 0 Å². The molecule has 0 amide bonds. The maximum atomic E-state index is 14.0. The first-order valence-corrected chi connectivity index (χ1v) is 12.3. The number of carbonyl (C=O) groups excluding carboxylic acids is 2. The van der Waals surface area contributed by atoms with Gasteiger partial charge in [0.25, 0.3) is 10.0 Å². The van der Waals surface area contributed by atoms with E-state index in [0.29, 0.717) is 28.2 Å². The average molecular weight is 492 g/mol. The quantitative estimate of drug-likeness (QED) is 0.391. The number of methoxy groups -OCH3 is 1. The van der Waals surface area contributed by atoms with Crippen molar-refractivity contribution in [1.82, 2.24) is 0 Å². The molecule has 0 saturated heterocycles. The van der Waals surface area contributed by atoms with Gasteiger partial charge < -0.3 is 14.2 Å². The van der Waals surface area contributed by atoms with Crippen molar-refractivity contribution in [2.24, 2.45) is 0 Å². The fraction of sp³-hybridized carbons (Fsp3) is 0.154. The number of Topliss-reactive ketones (excluding diaryl/α,β-unsaturated/α-hetero) is 1. The van der Waals surface area contributed by atoms with Gasteiger partial charge in [0.15, 0.2) is 23.0 Å². The second kappa shape index (κ2) is 8.59. The molecule has 3 aromatic carbocycles. The van der Waals surface area contributed by atoms with Crippen LogP contribution in [0, 0.1) is 0 Å². The zero-order chi connectivity index (χ0) is 24.7. The largest absolute Gasteiger partial charge is 0.464 e. The van der Waals surface area contributed by atoms with Gasteiger partial charge in [-0.2, -0.15) is 0 Å². The number of rotatable bonds is 5. The summed E-state index contributed by atoms with van der Waals surface area (Å²) in [6.07, 6.45) is 0.160. The minimum absolute atomic E-state index is 0.000861. The lowest BCUT2D eigenvalue weighted by Gasteiger charge is -2.34. The van der Waals surface area contributed by atoms with Crippen molar-refractivity contribution < 1.29 is 32.2 Å². The summed E-state index contributed by atoms with van der Waals surface area (Å²) in [4.78, 5) is 26.1. The van der Waals surface area contributed by atoms with Crippen LogP contribution >= 0.6 is 0 Å². The van der Waals surface area contributed by atoms with Crippen molar-refractivity contribution in [1.29, 1.82) is 0 Å². The van der Waals surface area contributed by atoms with Gasteiger partial charge in [-0.1, -0.05) is 43.3 Å². The molecule has 0 spiro atoms. The Kier molecular flexibility index (Phi) is 5.56. The van der Waals surface area contributed by atoms with E-state index in [1.807, 2.05) is 0 Å². The van der Waals surface area contributed by atoms with Gasteiger partial charge in [0.1, 0.15) is 0 Å². The molecule has 2 heterocycles. The lowest BCUT2D eigenvalue weighted by atomic mass is 9.94. The number of hydrogen-bond acceptors (Lipinski definition) is 7. The van der Waals surface area contributed by atoms with Crippen LogP contribution in [0.25, 0.3) is 5.57 Å². The molecule has 8 nitrogen and oxygen atoms in total. The van der Waals surface area contributed by atoms with Gasteiger partial charge in [-0.05, 0) is 35.9 Å². The van der Waals surface area contributed by atoms with Crippen molar-refractivity contribution in [3.8, 4) is 11.5 Å². The molecule has 0 saturated carbocycles. The fourth-order valence-corrected chi connectivity index (χ4v) is 6.02. The van der Waals surface area contributed by atoms with Crippen LogP contribution in [0.15, 0.2) is 77.3 Å². The Labute approximate surface area is 202 Å². The van der Waals surface area contributed by atoms with Crippen LogP contribution in [0.1, 0.15) is 34.8 Å². The summed E-state index contributed by atoms with van der Waals surface area (Å²) in [7, 11) is -3.11. The Morgan fingerprint density at radius 2 is 1.69 bits per heavy atom. The molecule has 0 aliphatic carbocycles. The van der Waals surface area contributed by atoms with Crippen molar-refractivity contribution in [2.45, 2.75) is 18.2 Å². The van der Waals surface area contributed by atoms with E-state index in [4.69, 9.17) is 14.2 Å². The molecule has 5 rings (SSSR count). The third-order valence-corrected chi connectivity index (χ3v) is 7.67. The highest BCUT2D eigenvalue weighted by atomic mass is 32.2. The molecule has 0 aromatic heterocycles. The minimum atomic E-state index is -4.29. The monoisotopic (exact) mass is 491 g/mol. The number of ketones is 1. The number of carbonyl (C=O) groups is 2. The molecular weight excluding hydrogens is 470 g/mol. The van der Waals surface area contributed by atoms with Crippen LogP contribution in [-0.4, -0.2) is 34.1 Å². The molecule has 0 bridgehead atoms. The van der Waals surface area contributed by atoms with E-state index >= 15 is 0 Å². The number of esters is 1. The minimum Gasteiger partial charge on any atom is -0.464 e. The third kappa shape index (κ3) is 3.55. The first-order chi connectivity index (χ1) is 16.9. The molecule has 178 valence electrons. The Morgan fingerprint density at radius 3 is 2.46 bits per heavy atom. The second-order valence-electron chi connectivity index (χ2n) is 7.84. The summed E-state index contributed by atoms with van der Waals surface area (Å²) in [6.45, 7) is 1.75. The SMILES string of the molecule is CCC(=O)c1ccccc1N1C(C(=O)OC)=C(c2ccc3c(c2)OCO3)c2ccccc2S1(=O)=O. The highest BCUT2D eigenvalue weighted by molar-refractivity contribution is 7.93. The number of hydrogen-bond donors (Lipinski definition) is 0. The average Bonchev–Trinajstić information content (AvgIpc) is 3.35. The number of para-hydroxylation sites is 1. The van der Waals surface area contributed by atoms with Crippen LogP contribution in [0.5, 0.6) is 11.5 Å². The van der Waals surface area contributed by atoms with Crippen LogP contribution in [0.3, 0.4) is 0 Å². The van der Waals surface area contributed by atoms with E-state index in [1.165, 1.54) is 19.2 Å². The van der Waals surface area contributed by atoms with Crippen molar-refractivity contribution in [2.75, 3.05) is 18.2 Å². The lowest BCUT2D eigenvalue weighted by Crippen LogP contribution is -2.39. The highest BCUT2D eigenvalue weighted by Gasteiger charge is 2.43. The fourth-order valence-electron chi connectivity index (χ4n) is 4.30. The number of ether oxygens (including phenoxy) is 3. The zero-order valence-corrected chi connectivity index (χ0v) is 19.8. The maximum Gasteiger partial charge on any atom is 0.356 e. The standard InChI is InChI=1S/C26H21NO7S/c1-3-20(28)17-8-4-6-10-19(17)27-25(26(29)32-2)24(16-12-13-21-22(14-16)34-15-33-21)18-9-5-7-11-23(18)35(27,30)31/h4-14H,3,15H2,1-2H3. The molecule has 3 aromatic rings. The van der Waals surface area contributed by atoms with Crippen LogP contribution in [0.4, 0.5) is 5.69 Å². The summed E-state index contributed by atoms with van der Waals surface area (Å²) in [5.74, 6) is -0.113. The van der Waals surface area contributed by atoms with Gasteiger partial charge >= 0.3 is 5.97 Å². The van der Waals surface area contributed by atoms with E-state index in [1.54, 1.807) is 61.5 Å². The van der Waals surface area contributed by atoms with E-state index in [0.717, 1.165) is 4.31 Å². The van der Waals surface area contributed by atoms with Crippen LogP contribution < -0.4 is 13.8 Å². The molecule has 0 N–H and O–H groups in total. The summed E-state index contributed by atoms with van der Waals surface area (Å²) in [6, 6.07) is 17.9. The van der Waals surface area contributed by atoms with Gasteiger partial charge in [0.05, 0.1) is 17.7 Å². The van der Waals surface area contributed by atoms with E-state index in [2.05, 4.69) is 0 Å². The lowest BCUT2D eigenvalue weighted by molar-refractivity contribution is -0.136. The first kappa shape index (κ1) is 22.7. The Balaban J connectivity index is 1.90. The van der Waals surface area contributed by atoms with Gasteiger partial charge in [-0.25, -0.2) is 17.5 Å². The summed E-state index contributed by atoms with van der Waals surface area (Å²) in [5.41, 5.74) is 1.24. The van der Waals surface area contributed by atoms with Crippen LogP contribution in [-0.2, 0) is 19.6 Å². The molecular formula is C26H21NO7S. The molecule has 2 aliphatic heterocycles. The zero-order valence-electron chi connectivity index (χ0n) is 19.0. The van der Waals surface area contributed by atoms with Gasteiger partial charge in [-0.3, -0.25) is 4.79 Å². The van der Waals surface area contributed by atoms with Gasteiger partial charge in [0, 0.05) is 23.1 Å². The Hall–Kier alpha value is -4.11. The summed E-state index contributed by atoms with van der Waals surface area (Å²) < 4.78 is 44.9. The van der Waals surface area contributed by atoms with Gasteiger partial charge in [0.2, 0.25) is 6.79 Å². The van der Waals surface area contributed by atoms with Crippen molar-refractivity contribution in [3.63, 3.8) is 0 Å². The molecule has 2 aliphatic rings. The molecule has 0 unspecified atom stereocenters.